The van der Waals surface area contributed by atoms with Crippen molar-refractivity contribution in [2.75, 3.05) is 6.54 Å². The van der Waals surface area contributed by atoms with Crippen LogP contribution in [0.1, 0.15) is 44.1 Å². The zero-order valence-electron chi connectivity index (χ0n) is 12.4. The number of carbonyl (C=O) groups excluding carboxylic acids is 1. The molecule has 1 rings (SSSR count). The molecule has 1 amide bonds. The van der Waals surface area contributed by atoms with Gasteiger partial charge in [-0.2, -0.15) is 0 Å². The quantitative estimate of drug-likeness (QED) is 0.614. The molecule has 0 aliphatic carbocycles. The van der Waals surface area contributed by atoms with Crippen LogP contribution in [0.4, 0.5) is 4.39 Å². The molecule has 0 aliphatic heterocycles. The minimum Gasteiger partial charge on any atom is -0.481 e. The molecule has 0 spiro atoms. The summed E-state index contributed by atoms with van der Waals surface area (Å²) in [5, 5.41) is 11.3. The number of carboxylic acid groups (broad SMARTS) is 1. The second kappa shape index (κ2) is 10.3. The van der Waals surface area contributed by atoms with Gasteiger partial charge in [-0.3, -0.25) is 9.59 Å². The number of aliphatic carboxylic acids is 1. The fourth-order valence-corrected chi connectivity index (χ4v) is 2.48. The fraction of sp³-hybridized carbons (Fsp3) is 0.500. The molecule has 0 atom stereocenters. The van der Waals surface area contributed by atoms with Crippen molar-refractivity contribution in [3.63, 3.8) is 0 Å². The summed E-state index contributed by atoms with van der Waals surface area (Å²) in [6.07, 6.45) is 4.91. The van der Waals surface area contributed by atoms with Crippen LogP contribution in [0.2, 0.25) is 0 Å². The number of carbonyl (C=O) groups is 2. The molecular formula is C16H21BrFNO3. The molecule has 0 bridgehead atoms. The molecular weight excluding hydrogens is 353 g/mol. The third-order valence-electron chi connectivity index (χ3n) is 3.24. The lowest BCUT2D eigenvalue weighted by Crippen LogP contribution is -2.26. The first-order valence-electron chi connectivity index (χ1n) is 7.41. The summed E-state index contributed by atoms with van der Waals surface area (Å²) >= 11 is 3.10. The van der Waals surface area contributed by atoms with Gasteiger partial charge in [-0.1, -0.05) is 25.3 Å². The van der Waals surface area contributed by atoms with Gasteiger partial charge in [0.05, 0.1) is 10.9 Å². The highest BCUT2D eigenvalue weighted by molar-refractivity contribution is 9.10. The van der Waals surface area contributed by atoms with E-state index in [0.29, 0.717) is 17.4 Å². The van der Waals surface area contributed by atoms with E-state index in [-0.39, 0.29) is 24.6 Å². The third kappa shape index (κ3) is 8.12. The molecule has 0 heterocycles. The van der Waals surface area contributed by atoms with Crippen molar-refractivity contribution in [1.82, 2.24) is 5.32 Å². The Kier molecular flexibility index (Phi) is 8.74. The first kappa shape index (κ1) is 18.6. The number of nitrogens with one attached hydrogen (secondary N) is 1. The molecule has 1 aromatic carbocycles. The number of halogens is 2. The van der Waals surface area contributed by atoms with Crippen molar-refractivity contribution in [3.8, 4) is 0 Å². The smallest absolute Gasteiger partial charge is 0.303 e. The van der Waals surface area contributed by atoms with Crippen LogP contribution in [-0.2, 0) is 16.0 Å². The number of hydrogen-bond donors (Lipinski definition) is 2. The van der Waals surface area contributed by atoms with E-state index in [0.717, 1.165) is 31.2 Å². The van der Waals surface area contributed by atoms with Crippen molar-refractivity contribution in [3.05, 3.63) is 34.1 Å². The lowest BCUT2D eigenvalue weighted by molar-refractivity contribution is -0.137. The second-order valence-corrected chi connectivity index (χ2v) is 6.04. The number of carboxylic acids is 1. The van der Waals surface area contributed by atoms with Gasteiger partial charge in [-0.25, -0.2) is 4.39 Å². The number of benzene rings is 1. The molecule has 0 aliphatic rings. The van der Waals surface area contributed by atoms with E-state index in [1.165, 1.54) is 6.07 Å². The first-order chi connectivity index (χ1) is 10.5. The summed E-state index contributed by atoms with van der Waals surface area (Å²) in [4.78, 5) is 22.1. The summed E-state index contributed by atoms with van der Waals surface area (Å²) in [5.41, 5.74) is 0.763. The van der Waals surface area contributed by atoms with Crippen molar-refractivity contribution >= 4 is 27.8 Å². The molecule has 0 saturated carbocycles. The van der Waals surface area contributed by atoms with Crippen LogP contribution in [0.3, 0.4) is 0 Å². The lowest BCUT2D eigenvalue weighted by atomic mass is 10.1. The van der Waals surface area contributed by atoms with Gasteiger partial charge in [0.25, 0.3) is 0 Å². The topological polar surface area (TPSA) is 66.4 Å². The SMILES string of the molecule is O=C(O)CCCCCCCNC(=O)Cc1ccc(F)c(Br)c1. The average molecular weight is 374 g/mol. The van der Waals surface area contributed by atoms with Gasteiger partial charge in [-0.15, -0.1) is 0 Å². The van der Waals surface area contributed by atoms with Crippen molar-refractivity contribution in [2.24, 2.45) is 0 Å². The van der Waals surface area contributed by atoms with Gasteiger partial charge in [0.1, 0.15) is 5.82 Å². The molecule has 0 unspecified atom stereocenters. The highest BCUT2D eigenvalue weighted by Crippen LogP contribution is 2.17. The molecule has 2 N–H and O–H groups in total. The summed E-state index contributed by atoms with van der Waals surface area (Å²) in [7, 11) is 0. The monoisotopic (exact) mass is 373 g/mol. The van der Waals surface area contributed by atoms with Crippen LogP contribution in [0.25, 0.3) is 0 Å². The number of rotatable bonds is 10. The number of unbranched alkanes of at least 4 members (excludes halogenated alkanes) is 4. The van der Waals surface area contributed by atoms with Crippen LogP contribution in [0, 0.1) is 5.82 Å². The minimum atomic E-state index is -0.750. The first-order valence-corrected chi connectivity index (χ1v) is 8.21. The van der Waals surface area contributed by atoms with Gasteiger partial charge in [0.2, 0.25) is 5.91 Å². The minimum absolute atomic E-state index is 0.0793. The Hall–Kier alpha value is -1.43. The van der Waals surface area contributed by atoms with E-state index in [4.69, 9.17) is 5.11 Å². The van der Waals surface area contributed by atoms with Crippen LogP contribution in [0.15, 0.2) is 22.7 Å². The Labute approximate surface area is 138 Å². The Morgan fingerprint density at radius 3 is 2.50 bits per heavy atom. The van der Waals surface area contributed by atoms with E-state index in [1.807, 2.05) is 0 Å². The van der Waals surface area contributed by atoms with E-state index >= 15 is 0 Å². The Morgan fingerprint density at radius 2 is 1.82 bits per heavy atom. The molecule has 122 valence electrons. The molecule has 6 heteroatoms. The van der Waals surface area contributed by atoms with Crippen molar-refractivity contribution in [2.45, 2.75) is 44.9 Å². The summed E-state index contributed by atoms with van der Waals surface area (Å²) in [6.45, 7) is 0.611. The lowest BCUT2D eigenvalue weighted by Gasteiger charge is -2.06. The molecule has 22 heavy (non-hydrogen) atoms. The molecule has 4 nitrogen and oxygen atoms in total. The third-order valence-corrected chi connectivity index (χ3v) is 3.85. The second-order valence-electron chi connectivity index (χ2n) is 5.19. The fourth-order valence-electron chi connectivity index (χ4n) is 2.06. The maximum Gasteiger partial charge on any atom is 0.303 e. The van der Waals surface area contributed by atoms with E-state index < -0.39 is 5.97 Å². The van der Waals surface area contributed by atoms with Crippen molar-refractivity contribution < 1.29 is 19.1 Å². The Bertz CT molecular complexity index is 508. The van der Waals surface area contributed by atoms with Crippen LogP contribution in [0.5, 0.6) is 0 Å². The highest BCUT2D eigenvalue weighted by atomic mass is 79.9. The molecule has 0 fully saturated rings. The zero-order chi connectivity index (χ0) is 16.4. The molecule has 0 radical (unpaired) electrons. The number of hydrogen-bond acceptors (Lipinski definition) is 2. The van der Waals surface area contributed by atoms with Crippen molar-refractivity contribution in [1.29, 1.82) is 0 Å². The summed E-state index contributed by atoms with van der Waals surface area (Å²) in [6, 6.07) is 4.54. The Balaban J connectivity index is 2.08. The Morgan fingerprint density at radius 1 is 1.14 bits per heavy atom. The van der Waals surface area contributed by atoms with Gasteiger partial charge in [0, 0.05) is 13.0 Å². The van der Waals surface area contributed by atoms with Gasteiger partial charge < -0.3 is 10.4 Å². The highest BCUT2D eigenvalue weighted by Gasteiger charge is 2.05. The van der Waals surface area contributed by atoms with Gasteiger partial charge in [-0.05, 0) is 46.5 Å². The molecule has 1 aromatic rings. The van der Waals surface area contributed by atoms with Crippen LogP contribution in [-0.4, -0.2) is 23.5 Å². The standard InChI is InChI=1S/C16H21BrFNO3/c17-13-10-12(7-8-14(13)18)11-15(20)19-9-5-3-1-2-4-6-16(21)22/h7-8,10H,1-6,9,11H2,(H,19,20)(H,21,22). The predicted octanol–water partition coefficient (Wildman–Crippen LogP) is 3.67. The van der Waals surface area contributed by atoms with Crippen LogP contribution >= 0.6 is 15.9 Å². The van der Waals surface area contributed by atoms with Crippen LogP contribution < -0.4 is 5.32 Å². The number of amides is 1. The maximum absolute atomic E-state index is 13.1. The summed E-state index contributed by atoms with van der Waals surface area (Å²) in [5.74, 6) is -1.17. The van der Waals surface area contributed by atoms with Gasteiger partial charge in [0.15, 0.2) is 0 Å². The summed E-state index contributed by atoms with van der Waals surface area (Å²) < 4.78 is 13.4. The molecule has 0 aromatic heterocycles. The van der Waals surface area contributed by atoms with Gasteiger partial charge >= 0.3 is 5.97 Å². The normalized spacial score (nSPS) is 10.5. The van der Waals surface area contributed by atoms with E-state index in [9.17, 15) is 14.0 Å². The average Bonchev–Trinajstić information content (AvgIpc) is 2.45. The largest absolute Gasteiger partial charge is 0.481 e. The van der Waals surface area contributed by atoms with E-state index in [1.54, 1.807) is 12.1 Å². The predicted molar refractivity (Wildman–Crippen MR) is 86.2 cm³/mol. The maximum atomic E-state index is 13.1. The zero-order valence-corrected chi connectivity index (χ0v) is 14.0. The van der Waals surface area contributed by atoms with E-state index in [2.05, 4.69) is 21.2 Å². The molecule has 0 saturated heterocycles.